The van der Waals surface area contributed by atoms with Gasteiger partial charge in [0.05, 0.1) is 5.38 Å². The van der Waals surface area contributed by atoms with Crippen LogP contribution in [0.1, 0.15) is 18.1 Å². The molecule has 2 aromatic heterocycles. The van der Waals surface area contributed by atoms with E-state index in [1.807, 2.05) is 26.2 Å². The molecule has 1 unspecified atom stereocenters. The van der Waals surface area contributed by atoms with Crippen molar-refractivity contribution in [3.05, 3.63) is 18.1 Å². The topological polar surface area (TPSA) is 61.4 Å². The molecule has 0 aliphatic heterocycles. The first kappa shape index (κ1) is 9.14. The number of halogens is 1. The van der Waals surface area contributed by atoms with Crippen LogP contribution in [0, 0.1) is 0 Å². The minimum absolute atomic E-state index is 0.244. The Hall–Kier alpha value is -1.43. The van der Waals surface area contributed by atoms with Crippen LogP contribution in [0.5, 0.6) is 0 Å². The lowest BCUT2D eigenvalue weighted by atomic mass is 10.4. The zero-order chi connectivity index (χ0) is 10.1. The minimum Gasteiger partial charge on any atom is -0.274 e. The highest BCUT2D eigenvalue weighted by molar-refractivity contribution is 6.20. The number of rotatable bonds is 2. The van der Waals surface area contributed by atoms with Gasteiger partial charge in [0.2, 0.25) is 0 Å². The molecule has 74 valence electrons. The van der Waals surface area contributed by atoms with Gasteiger partial charge in [-0.25, -0.2) is 0 Å². The largest absolute Gasteiger partial charge is 0.274 e. The van der Waals surface area contributed by atoms with Crippen LogP contribution in [0.2, 0.25) is 0 Å². The third kappa shape index (κ3) is 1.48. The van der Waals surface area contributed by atoms with Gasteiger partial charge in [-0.1, -0.05) is 0 Å². The highest BCUT2D eigenvalue weighted by Gasteiger charge is 2.14. The molecule has 1 atom stereocenters. The number of aryl methyl sites for hydroxylation is 1. The standard InChI is InChI=1S/C7H9ClN6/c1-5(8)7-9-11-12-14(7)6-3-4-13(2)10-6/h3-5H,1-2H3. The van der Waals surface area contributed by atoms with E-state index in [1.165, 1.54) is 4.68 Å². The Balaban J connectivity index is 2.46. The molecule has 0 aliphatic carbocycles. The fourth-order valence-electron chi connectivity index (χ4n) is 1.12. The van der Waals surface area contributed by atoms with Crippen LogP contribution in [-0.4, -0.2) is 30.0 Å². The van der Waals surface area contributed by atoms with Crippen molar-refractivity contribution >= 4 is 11.6 Å². The van der Waals surface area contributed by atoms with Crippen molar-refractivity contribution in [2.24, 2.45) is 7.05 Å². The predicted molar refractivity (Wildman–Crippen MR) is 50.2 cm³/mol. The fourth-order valence-corrected chi connectivity index (χ4v) is 1.26. The van der Waals surface area contributed by atoms with Gasteiger partial charge in [0, 0.05) is 19.3 Å². The van der Waals surface area contributed by atoms with E-state index in [0.717, 1.165) is 0 Å². The van der Waals surface area contributed by atoms with E-state index in [4.69, 9.17) is 11.6 Å². The highest BCUT2D eigenvalue weighted by atomic mass is 35.5. The van der Waals surface area contributed by atoms with Crippen LogP contribution in [0.25, 0.3) is 5.82 Å². The molecular formula is C7H9ClN6. The van der Waals surface area contributed by atoms with E-state index < -0.39 is 0 Å². The van der Waals surface area contributed by atoms with Gasteiger partial charge in [-0.05, 0) is 17.4 Å². The third-order valence-corrected chi connectivity index (χ3v) is 1.96. The Morgan fingerprint density at radius 1 is 1.50 bits per heavy atom. The predicted octanol–water partition coefficient (Wildman–Crippen LogP) is 0.696. The lowest BCUT2D eigenvalue weighted by Crippen LogP contribution is -2.05. The minimum atomic E-state index is -0.244. The average Bonchev–Trinajstić information content (AvgIpc) is 2.70. The summed E-state index contributed by atoms with van der Waals surface area (Å²) in [6.07, 6.45) is 1.82. The second-order valence-electron chi connectivity index (χ2n) is 2.91. The molecule has 0 bridgehead atoms. The number of alkyl halides is 1. The first-order valence-electron chi connectivity index (χ1n) is 4.11. The van der Waals surface area contributed by atoms with Crippen molar-refractivity contribution in [3.8, 4) is 5.82 Å². The molecule has 2 rings (SSSR count). The normalized spacial score (nSPS) is 13.1. The fraction of sp³-hybridized carbons (Fsp3) is 0.429. The Morgan fingerprint density at radius 2 is 2.29 bits per heavy atom. The first-order valence-corrected chi connectivity index (χ1v) is 4.54. The molecule has 0 aromatic carbocycles. The van der Waals surface area contributed by atoms with Crippen LogP contribution in [0.15, 0.2) is 12.3 Å². The first-order chi connectivity index (χ1) is 6.68. The zero-order valence-corrected chi connectivity index (χ0v) is 8.55. The van der Waals surface area contributed by atoms with Crippen molar-refractivity contribution in [2.45, 2.75) is 12.3 Å². The quantitative estimate of drug-likeness (QED) is 0.688. The molecule has 0 amide bonds. The summed E-state index contributed by atoms with van der Waals surface area (Å²) in [4.78, 5) is 0. The van der Waals surface area contributed by atoms with Gasteiger partial charge >= 0.3 is 0 Å². The second kappa shape index (κ2) is 3.38. The van der Waals surface area contributed by atoms with Crippen molar-refractivity contribution in [2.75, 3.05) is 0 Å². The van der Waals surface area contributed by atoms with Gasteiger partial charge in [0.25, 0.3) is 0 Å². The summed E-state index contributed by atoms with van der Waals surface area (Å²) in [5.74, 6) is 1.25. The van der Waals surface area contributed by atoms with E-state index in [2.05, 4.69) is 20.6 Å². The highest BCUT2D eigenvalue weighted by Crippen LogP contribution is 2.17. The Morgan fingerprint density at radius 3 is 2.86 bits per heavy atom. The SMILES string of the molecule is CC(Cl)c1nnnn1-c1ccn(C)n1. The van der Waals surface area contributed by atoms with E-state index in [0.29, 0.717) is 11.6 Å². The Labute approximate surface area is 85.5 Å². The summed E-state index contributed by atoms with van der Waals surface area (Å²) in [5, 5.41) is 15.1. The molecule has 14 heavy (non-hydrogen) atoms. The molecule has 0 aliphatic rings. The van der Waals surface area contributed by atoms with Gasteiger partial charge in [-0.15, -0.1) is 16.7 Å². The average molecular weight is 213 g/mol. The van der Waals surface area contributed by atoms with Gasteiger partial charge < -0.3 is 0 Å². The van der Waals surface area contributed by atoms with Crippen molar-refractivity contribution in [1.29, 1.82) is 0 Å². The number of tetrazole rings is 1. The third-order valence-electron chi connectivity index (χ3n) is 1.77. The monoisotopic (exact) mass is 212 g/mol. The maximum Gasteiger partial charge on any atom is 0.179 e. The summed E-state index contributed by atoms with van der Waals surface area (Å²) < 4.78 is 3.21. The van der Waals surface area contributed by atoms with Crippen molar-refractivity contribution < 1.29 is 0 Å². The smallest absolute Gasteiger partial charge is 0.179 e. The van der Waals surface area contributed by atoms with E-state index in [9.17, 15) is 0 Å². The molecule has 2 aromatic rings. The maximum atomic E-state index is 5.91. The van der Waals surface area contributed by atoms with Gasteiger partial charge in [-0.2, -0.15) is 9.78 Å². The number of hydrogen-bond acceptors (Lipinski definition) is 4. The molecular weight excluding hydrogens is 204 g/mol. The van der Waals surface area contributed by atoms with Gasteiger partial charge in [-0.3, -0.25) is 4.68 Å². The summed E-state index contributed by atoms with van der Waals surface area (Å²) in [6.45, 7) is 1.81. The van der Waals surface area contributed by atoms with Crippen molar-refractivity contribution in [1.82, 2.24) is 30.0 Å². The second-order valence-corrected chi connectivity index (χ2v) is 3.57. The van der Waals surface area contributed by atoms with Crippen LogP contribution in [0.4, 0.5) is 0 Å². The lowest BCUT2D eigenvalue weighted by molar-refractivity contribution is 0.696. The number of aromatic nitrogens is 6. The van der Waals surface area contributed by atoms with E-state index >= 15 is 0 Å². The Kier molecular flexibility index (Phi) is 2.20. The molecule has 2 heterocycles. The van der Waals surface area contributed by atoms with Crippen LogP contribution in [0.3, 0.4) is 0 Å². The molecule has 0 fully saturated rings. The summed E-state index contributed by atoms with van der Waals surface area (Å²) in [6, 6.07) is 1.82. The van der Waals surface area contributed by atoms with E-state index in [1.54, 1.807) is 4.68 Å². The zero-order valence-electron chi connectivity index (χ0n) is 7.79. The van der Waals surface area contributed by atoms with E-state index in [-0.39, 0.29) is 5.38 Å². The molecule has 0 saturated carbocycles. The molecule has 7 heteroatoms. The summed E-state index contributed by atoms with van der Waals surface area (Å²) in [5.41, 5.74) is 0. The summed E-state index contributed by atoms with van der Waals surface area (Å²) >= 11 is 5.91. The Bertz CT molecular complexity index is 431. The van der Waals surface area contributed by atoms with Crippen molar-refractivity contribution in [3.63, 3.8) is 0 Å². The van der Waals surface area contributed by atoms with Gasteiger partial charge in [0.1, 0.15) is 0 Å². The molecule has 0 radical (unpaired) electrons. The molecule has 0 spiro atoms. The van der Waals surface area contributed by atoms with Crippen LogP contribution in [-0.2, 0) is 7.05 Å². The molecule has 0 saturated heterocycles. The van der Waals surface area contributed by atoms with Crippen LogP contribution >= 0.6 is 11.6 Å². The lowest BCUT2D eigenvalue weighted by Gasteiger charge is -2.01. The maximum absolute atomic E-state index is 5.91. The number of hydrogen-bond donors (Lipinski definition) is 0. The van der Waals surface area contributed by atoms with Crippen LogP contribution < -0.4 is 0 Å². The van der Waals surface area contributed by atoms with Gasteiger partial charge in [0.15, 0.2) is 11.6 Å². The number of nitrogens with zero attached hydrogens (tertiary/aromatic N) is 6. The summed E-state index contributed by atoms with van der Waals surface area (Å²) in [7, 11) is 1.83. The molecule has 0 N–H and O–H groups in total. The molecule has 6 nitrogen and oxygen atoms in total.